The lowest BCUT2D eigenvalue weighted by Gasteiger charge is -2.31. The molecule has 2 rings (SSSR count). The maximum absolute atomic E-state index is 13.2. The van der Waals surface area contributed by atoms with Crippen LogP contribution in [0.25, 0.3) is 0 Å². The van der Waals surface area contributed by atoms with E-state index < -0.39 is 6.04 Å². The molecule has 1 N–H and O–H groups in total. The van der Waals surface area contributed by atoms with Crippen LogP contribution in [0.1, 0.15) is 42.5 Å². The lowest BCUT2D eigenvalue weighted by Crippen LogP contribution is -2.49. The highest BCUT2D eigenvalue weighted by atomic mass is 16.2. The SMILES string of the molecule is CCNC(=O)[C@H](CC)N(Cc1cccc(C)c1)C(=O)Cc1ccccc1C. The Hall–Kier alpha value is -2.62. The summed E-state index contributed by atoms with van der Waals surface area (Å²) in [4.78, 5) is 27.5. The summed E-state index contributed by atoms with van der Waals surface area (Å²) in [5, 5.41) is 2.87. The summed E-state index contributed by atoms with van der Waals surface area (Å²) in [6.07, 6.45) is 0.881. The molecule has 0 spiro atoms. The minimum Gasteiger partial charge on any atom is -0.355 e. The topological polar surface area (TPSA) is 49.4 Å². The van der Waals surface area contributed by atoms with E-state index in [4.69, 9.17) is 0 Å². The Balaban J connectivity index is 2.30. The first-order valence-electron chi connectivity index (χ1n) is 9.63. The molecule has 0 aromatic heterocycles. The van der Waals surface area contributed by atoms with Crippen LogP contribution in [0.5, 0.6) is 0 Å². The molecule has 0 saturated heterocycles. The van der Waals surface area contributed by atoms with Gasteiger partial charge in [-0.1, -0.05) is 61.0 Å². The van der Waals surface area contributed by atoms with Crippen molar-refractivity contribution in [3.63, 3.8) is 0 Å². The van der Waals surface area contributed by atoms with Crippen molar-refractivity contribution in [2.75, 3.05) is 6.54 Å². The fourth-order valence-electron chi connectivity index (χ4n) is 3.29. The molecule has 0 aliphatic carbocycles. The van der Waals surface area contributed by atoms with Crippen LogP contribution in [0.2, 0.25) is 0 Å². The molecule has 0 aliphatic rings. The highest BCUT2D eigenvalue weighted by molar-refractivity contribution is 5.88. The number of aryl methyl sites for hydroxylation is 2. The van der Waals surface area contributed by atoms with Gasteiger partial charge in [-0.05, 0) is 43.9 Å². The third-order valence-electron chi connectivity index (χ3n) is 4.78. The number of likely N-dealkylation sites (N-methyl/N-ethyl adjacent to an activating group) is 1. The second kappa shape index (κ2) is 9.91. The fourth-order valence-corrected chi connectivity index (χ4v) is 3.29. The number of benzene rings is 2. The summed E-state index contributed by atoms with van der Waals surface area (Å²) in [5.74, 6) is -0.116. The lowest BCUT2D eigenvalue weighted by atomic mass is 10.0. The quantitative estimate of drug-likeness (QED) is 0.773. The van der Waals surface area contributed by atoms with E-state index >= 15 is 0 Å². The van der Waals surface area contributed by atoms with Crippen LogP contribution in [0.3, 0.4) is 0 Å². The Bertz CT molecular complexity index is 785. The molecule has 4 heteroatoms. The van der Waals surface area contributed by atoms with Crippen LogP contribution >= 0.6 is 0 Å². The minimum atomic E-state index is -0.470. The number of amides is 2. The van der Waals surface area contributed by atoms with E-state index in [1.54, 1.807) is 4.90 Å². The third-order valence-corrected chi connectivity index (χ3v) is 4.78. The third kappa shape index (κ3) is 5.68. The predicted octanol–water partition coefficient (Wildman–Crippen LogP) is 3.79. The molecule has 0 bridgehead atoms. The molecule has 144 valence electrons. The molecule has 0 aliphatic heterocycles. The van der Waals surface area contributed by atoms with Crippen molar-refractivity contribution in [2.24, 2.45) is 0 Å². The Labute approximate surface area is 162 Å². The van der Waals surface area contributed by atoms with Crippen LogP contribution < -0.4 is 5.32 Å². The van der Waals surface area contributed by atoms with Crippen LogP contribution in [-0.2, 0) is 22.6 Å². The molecule has 2 amide bonds. The summed E-state index contributed by atoms with van der Waals surface area (Å²) >= 11 is 0. The van der Waals surface area contributed by atoms with E-state index in [9.17, 15) is 9.59 Å². The summed E-state index contributed by atoms with van der Waals surface area (Å²) < 4.78 is 0. The zero-order valence-electron chi connectivity index (χ0n) is 16.8. The van der Waals surface area contributed by atoms with Gasteiger partial charge in [-0.25, -0.2) is 0 Å². The predicted molar refractivity (Wildman–Crippen MR) is 109 cm³/mol. The Morgan fingerprint density at radius 3 is 2.41 bits per heavy atom. The van der Waals surface area contributed by atoms with Crippen molar-refractivity contribution in [1.29, 1.82) is 0 Å². The van der Waals surface area contributed by atoms with Gasteiger partial charge in [0.1, 0.15) is 6.04 Å². The molecule has 0 saturated carbocycles. The van der Waals surface area contributed by atoms with Crippen molar-refractivity contribution >= 4 is 11.8 Å². The minimum absolute atomic E-state index is 0.0242. The van der Waals surface area contributed by atoms with Crippen molar-refractivity contribution in [2.45, 2.75) is 53.1 Å². The lowest BCUT2D eigenvalue weighted by molar-refractivity contribution is -0.140. The molecule has 0 heterocycles. The van der Waals surface area contributed by atoms with E-state index in [0.717, 1.165) is 22.3 Å². The van der Waals surface area contributed by atoms with Crippen molar-refractivity contribution in [3.05, 3.63) is 70.8 Å². The van der Waals surface area contributed by atoms with Gasteiger partial charge >= 0.3 is 0 Å². The molecule has 0 unspecified atom stereocenters. The average molecular weight is 367 g/mol. The normalized spacial score (nSPS) is 11.7. The van der Waals surface area contributed by atoms with Crippen LogP contribution in [0.4, 0.5) is 0 Å². The molecule has 2 aromatic carbocycles. The molecular formula is C23H30N2O2. The molecule has 0 radical (unpaired) electrons. The first-order valence-corrected chi connectivity index (χ1v) is 9.63. The van der Waals surface area contributed by atoms with E-state index in [2.05, 4.69) is 11.4 Å². The summed E-state index contributed by atoms with van der Waals surface area (Å²) in [7, 11) is 0. The van der Waals surface area contributed by atoms with Crippen molar-refractivity contribution in [3.8, 4) is 0 Å². The number of carbonyl (C=O) groups excluding carboxylic acids is 2. The van der Waals surface area contributed by atoms with Crippen LogP contribution in [0.15, 0.2) is 48.5 Å². The number of nitrogens with one attached hydrogen (secondary N) is 1. The molecule has 27 heavy (non-hydrogen) atoms. The second-order valence-electron chi connectivity index (χ2n) is 6.93. The Morgan fingerprint density at radius 1 is 1.04 bits per heavy atom. The summed E-state index contributed by atoms with van der Waals surface area (Å²) in [6, 6.07) is 15.5. The van der Waals surface area contributed by atoms with Gasteiger partial charge in [-0.15, -0.1) is 0 Å². The highest BCUT2D eigenvalue weighted by Gasteiger charge is 2.28. The highest BCUT2D eigenvalue weighted by Crippen LogP contribution is 2.17. The van der Waals surface area contributed by atoms with Gasteiger partial charge in [0.15, 0.2) is 0 Å². The largest absolute Gasteiger partial charge is 0.355 e. The standard InChI is InChI=1S/C23H30N2O2/c1-5-21(23(27)24-6-2)25(16-19-12-9-10-17(3)14-19)22(26)15-20-13-8-7-11-18(20)4/h7-14,21H,5-6,15-16H2,1-4H3,(H,24,27)/t21-/m0/s1. The molecule has 2 aromatic rings. The van der Waals surface area contributed by atoms with Crippen molar-refractivity contribution < 1.29 is 9.59 Å². The fraction of sp³-hybridized carbons (Fsp3) is 0.391. The van der Waals surface area contributed by atoms with Crippen molar-refractivity contribution in [1.82, 2.24) is 10.2 Å². The van der Waals surface area contributed by atoms with Gasteiger partial charge in [-0.3, -0.25) is 9.59 Å². The molecule has 0 fully saturated rings. The van der Waals surface area contributed by atoms with Gasteiger partial charge < -0.3 is 10.2 Å². The summed E-state index contributed by atoms with van der Waals surface area (Å²) in [5.41, 5.74) is 4.27. The van der Waals surface area contributed by atoms with E-state index in [-0.39, 0.29) is 11.8 Å². The van der Waals surface area contributed by atoms with Gasteiger partial charge in [0, 0.05) is 13.1 Å². The summed E-state index contributed by atoms with van der Waals surface area (Å²) in [6.45, 7) is 8.87. The zero-order valence-corrected chi connectivity index (χ0v) is 16.8. The number of rotatable bonds is 8. The van der Waals surface area contributed by atoms with E-state index in [1.807, 2.05) is 70.2 Å². The first kappa shape index (κ1) is 20.7. The number of carbonyl (C=O) groups is 2. The van der Waals surface area contributed by atoms with Gasteiger partial charge in [0.25, 0.3) is 0 Å². The Kier molecular flexibility index (Phi) is 7.59. The Morgan fingerprint density at radius 2 is 1.78 bits per heavy atom. The number of hydrogen-bond acceptors (Lipinski definition) is 2. The number of hydrogen-bond donors (Lipinski definition) is 1. The van der Waals surface area contributed by atoms with E-state index in [0.29, 0.717) is 25.9 Å². The zero-order chi connectivity index (χ0) is 19.8. The molecule has 1 atom stereocenters. The van der Waals surface area contributed by atoms with Gasteiger partial charge in [0.2, 0.25) is 11.8 Å². The maximum atomic E-state index is 13.2. The second-order valence-corrected chi connectivity index (χ2v) is 6.93. The van der Waals surface area contributed by atoms with E-state index in [1.165, 1.54) is 0 Å². The average Bonchev–Trinajstić information content (AvgIpc) is 2.63. The molecule has 4 nitrogen and oxygen atoms in total. The van der Waals surface area contributed by atoms with Gasteiger partial charge in [0.05, 0.1) is 6.42 Å². The van der Waals surface area contributed by atoms with Gasteiger partial charge in [-0.2, -0.15) is 0 Å². The maximum Gasteiger partial charge on any atom is 0.242 e. The van der Waals surface area contributed by atoms with Crippen LogP contribution in [0, 0.1) is 13.8 Å². The van der Waals surface area contributed by atoms with Crippen LogP contribution in [-0.4, -0.2) is 29.3 Å². The monoisotopic (exact) mass is 366 g/mol. The number of nitrogens with zero attached hydrogens (tertiary/aromatic N) is 1. The molecular weight excluding hydrogens is 336 g/mol. The first-order chi connectivity index (χ1) is 13.0. The smallest absolute Gasteiger partial charge is 0.242 e.